The van der Waals surface area contributed by atoms with Crippen LogP contribution in [0, 0.1) is 11.8 Å². The molecule has 0 saturated heterocycles. The van der Waals surface area contributed by atoms with Crippen molar-refractivity contribution in [3.8, 4) is 0 Å². The number of halogens is 9. The molecule has 130 valence electrons. The standard InChI is InChI=1S/C6H9F5.C6H10F4/c1-4(2)3-5(7,8)6(9,10)11;1-4(2)3-6(9,10)5(7)8/h4H,3H2,1-2H3;4-5H,3H2,1-2H3. The molecule has 0 aliphatic heterocycles. The van der Waals surface area contributed by atoms with Gasteiger partial charge in [-0.2, -0.15) is 22.0 Å². The van der Waals surface area contributed by atoms with Gasteiger partial charge in [0.1, 0.15) is 0 Å². The molecule has 0 spiro atoms. The van der Waals surface area contributed by atoms with Crippen molar-refractivity contribution in [2.75, 3.05) is 0 Å². The molecule has 0 fully saturated rings. The average Bonchev–Trinajstić information content (AvgIpc) is 2.11. The summed E-state index contributed by atoms with van der Waals surface area (Å²) in [6, 6.07) is 0. The summed E-state index contributed by atoms with van der Waals surface area (Å²) in [4.78, 5) is 0. The zero-order valence-electron chi connectivity index (χ0n) is 12.0. The SMILES string of the molecule is CC(C)CC(F)(F)C(F)(F)F.CC(C)CC(F)(F)C(F)F. The Labute approximate surface area is 117 Å². The van der Waals surface area contributed by atoms with Gasteiger partial charge in [0.15, 0.2) is 0 Å². The minimum absolute atomic E-state index is 0.399. The quantitative estimate of drug-likeness (QED) is 0.528. The molecule has 0 radical (unpaired) electrons. The number of alkyl halides is 9. The minimum atomic E-state index is -5.41. The Balaban J connectivity index is 0. The third kappa shape index (κ3) is 9.84. The fourth-order valence-electron chi connectivity index (χ4n) is 1.26. The van der Waals surface area contributed by atoms with Gasteiger partial charge in [-0.1, -0.05) is 27.7 Å². The van der Waals surface area contributed by atoms with Crippen molar-refractivity contribution in [1.29, 1.82) is 0 Å². The Hall–Kier alpha value is -0.630. The van der Waals surface area contributed by atoms with E-state index < -0.39 is 49.1 Å². The Kier molecular flexibility index (Phi) is 8.76. The van der Waals surface area contributed by atoms with E-state index in [1.807, 2.05) is 0 Å². The highest BCUT2D eigenvalue weighted by Gasteiger charge is 2.57. The topological polar surface area (TPSA) is 0 Å². The first-order chi connectivity index (χ1) is 9.03. The highest BCUT2D eigenvalue weighted by Crippen LogP contribution is 2.39. The van der Waals surface area contributed by atoms with Crippen LogP contribution >= 0.6 is 0 Å². The Morgan fingerprint density at radius 1 is 0.667 bits per heavy atom. The fourth-order valence-corrected chi connectivity index (χ4v) is 1.26. The predicted octanol–water partition coefficient (Wildman–Crippen LogP) is 6.16. The lowest BCUT2D eigenvalue weighted by molar-refractivity contribution is -0.287. The molecule has 0 aromatic carbocycles. The molecule has 0 heterocycles. The van der Waals surface area contributed by atoms with E-state index >= 15 is 0 Å². The van der Waals surface area contributed by atoms with Gasteiger partial charge in [0.2, 0.25) is 0 Å². The van der Waals surface area contributed by atoms with Crippen molar-refractivity contribution in [1.82, 2.24) is 0 Å². The van der Waals surface area contributed by atoms with Gasteiger partial charge in [-0.15, -0.1) is 0 Å². The van der Waals surface area contributed by atoms with Crippen molar-refractivity contribution in [3.05, 3.63) is 0 Å². The van der Waals surface area contributed by atoms with E-state index in [2.05, 4.69) is 0 Å². The maximum Gasteiger partial charge on any atom is 0.453 e. The Bertz CT molecular complexity index is 279. The van der Waals surface area contributed by atoms with Crippen LogP contribution < -0.4 is 0 Å². The van der Waals surface area contributed by atoms with E-state index in [1.165, 1.54) is 27.7 Å². The molecule has 0 N–H and O–H groups in total. The van der Waals surface area contributed by atoms with Gasteiger partial charge in [0, 0.05) is 12.8 Å². The number of hydrogen-bond acceptors (Lipinski definition) is 0. The second-order valence-electron chi connectivity index (χ2n) is 5.46. The summed E-state index contributed by atoms with van der Waals surface area (Å²) in [6.07, 6.45) is -10.8. The molecule has 0 atom stereocenters. The number of rotatable bonds is 5. The lowest BCUT2D eigenvalue weighted by Crippen LogP contribution is -2.37. The first kappa shape index (κ1) is 22.6. The number of hydrogen-bond donors (Lipinski definition) is 0. The molecular formula is C12H19F9. The van der Waals surface area contributed by atoms with Crippen LogP contribution in [0.4, 0.5) is 39.5 Å². The smallest absolute Gasteiger partial charge is 0.204 e. The zero-order chi connectivity index (χ0) is 17.6. The molecule has 0 aromatic heterocycles. The maximum absolute atomic E-state index is 12.1. The normalized spacial score (nSPS) is 13.7. The van der Waals surface area contributed by atoms with Crippen LogP contribution in [-0.2, 0) is 0 Å². The van der Waals surface area contributed by atoms with Crippen LogP contribution in [0.2, 0.25) is 0 Å². The first-order valence-corrected chi connectivity index (χ1v) is 6.13. The van der Waals surface area contributed by atoms with Crippen molar-refractivity contribution in [3.63, 3.8) is 0 Å². The lowest BCUT2D eigenvalue weighted by Gasteiger charge is -2.20. The summed E-state index contributed by atoms with van der Waals surface area (Å²) in [6.45, 7) is 5.60. The van der Waals surface area contributed by atoms with Gasteiger partial charge in [-0.05, 0) is 11.8 Å². The van der Waals surface area contributed by atoms with Crippen molar-refractivity contribution >= 4 is 0 Å². The summed E-state index contributed by atoms with van der Waals surface area (Å²) in [5.74, 6) is -9.41. The average molecular weight is 334 g/mol. The third-order valence-corrected chi connectivity index (χ3v) is 2.08. The van der Waals surface area contributed by atoms with Crippen LogP contribution in [0.3, 0.4) is 0 Å². The molecular weight excluding hydrogens is 315 g/mol. The second kappa shape index (κ2) is 8.12. The molecule has 0 aliphatic carbocycles. The Morgan fingerprint density at radius 2 is 1.00 bits per heavy atom. The molecule has 0 bridgehead atoms. The zero-order valence-corrected chi connectivity index (χ0v) is 12.0. The molecule has 0 rings (SSSR count). The monoisotopic (exact) mass is 334 g/mol. The second-order valence-corrected chi connectivity index (χ2v) is 5.46. The predicted molar refractivity (Wildman–Crippen MR) is 60.9 cm³/mol. The largest absolute Gasteiger partial charge is 0.453 e. The summed E-state index contributed by atoms with van der Waals surface area (Å²) >= 11 is 0. The molecule has 0 unspecified atom stereocenters. The summed E-state index contributed by atoms with van der Waals surface area (Å²) in [7, 11) is 0. The van der Waals surface area contributed by atoms with E-state index in [9.17, 15) is 39.5 Å². The third-order valence-electron chi connectivity index (χ3n) is 2.08. The molecule has 0 aromatic rings. The molecule has 0 nitrogen and oxygen atoms in total. The van der Waals surface area contributed by atoms with E-state index in [0.29, 0.717) is 0 Å². The highest BCUT2D eigenvalue weighted by atomic mass is 19.4. The van der Waals surface area contributed by atoms with Crippen molar-refractivity contribution in [2.45, 2.75) is 65.0 Å². The molecule has 9 heteroatoms. The van der Waals surface area contributed by atoms with Gasteiger partial charge in [-0.25, -0.2) is 17.6 Å². The first-order valence-electron chi connectivity index (χ1n) is 6.13. The summed E-state index contributed by atoms with van der Waals surface area (Å²) < 4.78 is 105. The van der Waals surface area contributed by atoms with E-state index in [1.54, 1.807) is 0 Å². The summed E-state index contributed by atoms with van der Waals surface area (Å²) in [5.41, 5.74) is 0. The van der Waals surface area contributed by atoms with E-state index in [-0.39, 0.29) is 0 Å². The molecule has 0 aliphatic rings. The van der Waals surface area contributed by atoms with Crippen molar-refractivity contribution < 1.29 is 39.5 Å². The van der Waals surface area contributed by atoms with E-state index in [0.717, 1.165) is 0 Å². The van der Waals surface area contributed by atoms with Crippen LogP contribution in [0.15, 0.2) is 0 Å². The minimum Gasteiger partial charge on any atom is -0.204 e. The molecule has 21 heavy (non-hydrogen) atoms. The summed E-state index contributed by atoms with van der Waals surface area (Å²) in [5, 5.41) is 0. The van der Waals surface area contributed by atoms with Crippen LogP contribution in [0.1, 0.15) is 40.5 Å². The van der Waals surface area contributed by atoms with Crippen LogP contribution in [0.25, 0.3) is 0 Å². The molecule has 0 saturated carbocycles. The van der Waals surface area contributed by atoms with Crippen LogP contribution in [-0.4, -0.2) is 24.4 Å². The van der Waals surface area contributed by atoms with Gasteiger partial charge in [-0.3, -0.25) is 0 Å². The van der Waals surface area contributed by atoms with E-state index in [4.69, 9.17) is 0 Å². The van der Waals surface area contributed by atoms with Gasteiger partial charge < -0.3 is 0 Å². The van der Waals surface area contributed by atoms with Gasteiger partial charge >= 0.3 is 24.4 Å². The van der Waals surface area contributed by atoms with Gasteiger partial charge in [0.05, 0.1) is 0 Å². The lowest BCUT2D eigenvalue weighted by atomic mass is 10.1. The maximum atomic E-state index is 12.1. The molecule has 0 amide bonds. The van der Waals surface area contributed by atoms with Crippen molar-refractivity contribution in [2.24, 2.45) is 11.8 Å². The highest BCUT2D eigenvalue weighted by molar-refractivity contribution is 4.76. The van der Waals surface area contributed by atoms with Gasteiger partial charge in [0.25, 0.3) is 0 Å². The fraction of sp³-hybridized carbons (Fsp3) is 1.00. The Morgan fingerprint density at radius 3 is 1.10 bits per heavy atom. The van der Waals surface area contributed by atoms with Crippen LogP contribution in [0.5, 0.6) is 0 Å².